The maximum atomic E-state index is 13.5. The summed E-state index contributed by atoms with van der Waals surface area (Å²) in [6.45, 7) is 0. The molecule has 0 aromatic heterocycles. The van der Waals surface area contributed by atoms with Crippen LogP contribution < -0.4 is 20.1 Å². The molecule has 6 nitrogen and oxygen atoms in total. The number of carbonyl (C=O) groups excluding carboxylic acids is 2. The molecule has 0 aliphatic heterocycles. The molecule has 0 saturated carbocycles. The average Bonchev–Trinajstić information content (AvgIpc) is 3.03. The van der Waals surface area contributed by atoms with Crippen LogP contribution in [0, 0.1) is 0 Å². The second kappa shape index (κ2) is 14.3. The van der Waals surface area contributed by atoms with E-state index in [9.17, 15) is 9.59 Å². The van der Waals surface area contributed by atoms with Crippen molar-refractivity contribution in [1.82, 2.24) is 0 Å². The molecule has 6 heteroatoms. The molecule has 2 amide bonds. The largest absolute Gasteiger partial charge is 0.476 e. The number of carbonyl (C=O) groups is 2. The van der Waals surface area contributed by atoms with Gasteiger partial charge in [-0.3, -0.25) is 9.59 Å². The molecular weight excluding hydrogens is 524 g/mol. The van der Waals surface area contributed by atoms with Crippen molar-refractivity contribution in [2.24, 2.45) is 0 Å². The Morgan fingerprint density at radius 3 is 1.12 bits per heavy atom. The molecule has 210 valence electrons. The van der Waals surface area contributed by atoms with Crippen molar-refractivity contribution < 1.29 is 19.1 Å². The molecule has 2 N–H and O–H groups in total. The molecule has 0 bridgehead atoms. The van der Waals surface area contributed by atoms with E-state index in [1.165, 1.54) is 0 Å². The summed E-state index contributed by atoms with van der Waals surface area (Å²) in [5.41, 5.74) is 3.25. The molecule has 0 spiro atoms. The van der Waals surface area contributed by atoms with E-state index in [2.05, 4.69) is 10.6 Å². The zero-order chi connectivity index (χ0) is 29.0. The quantitative estimate of drug-likeness (QED) is 0.174. The third kappa shape index (κ3) is 8.08. The lowest BCUT2D eigenvalue weighted by molar-refractivity contribution is -0.124. The van der Waals surface area contributed by atoms with Crippen molar-refractivity contribution in [2.45, 2.75) is 25.0 Å². The van der Waals surface area contributed by atoms with Crippen LogP contribution in [-0.2, 0) is 22.4 Å². The van der Waals surface area contributed by atoms with Crippen LogP contribution in [0.15, 0.2) is 146 Å². The van der Waals surface area contributed by atoms with E-state index >= 15 is 0 Å². The number of amides is 2. The van der Waals surface area contributed by atoms with Gasteiger partial charge in [-0.25, -0.2) is 0 Å². The van der Waals surface area contributed by atoms with E-state index in [4.69, 9.17) is 9.47 Å². The number of hydrogen-bond donors (Lipinski definition) is 2. The lowest BCUT2D eigenvalue weighted by Gasteiger charge is -2.23. The van der Waals surface area contributed by atoms with E-state index in [1.807, 2.05) is 133 Å². The molecule has 0 fully saturated rings. The highest BCUT2D eigenvalue weighted by Gasteiger charge is 2.26. The number of rotatable bonds is 12. The van der Waals surface area contributed by atoms with E-state index in [0.29, 0.717) is 35.7 Å². The molecule has 0 aliphatic rings. The molecular formula is C36H32N2O4. The summed E-state index contributed by atoms with van der Waals surface area (Å²) in [7, 11) is 0. The maximum absolute atomic E-state index is 13.5. The van der Waals surface area contributed by atoms with Crippen LogP contribution in [0.2, 0.25) is 0 Å². The number of benzene rings is 5. The second-order valence-electron chi connectivity index (χ2n) is 9.75. The van der Waals surface area contributed by atoms with Gasteiger partial charge in [0.2, 0.25) is 0 Å². The minimum Gasteiger partial charge on any atom is -0.476 e. The highest BCUT2D eigenvalue weighted by molar-refractivity contribution is 5.95. The summed E-state index contributed by atoms with van der Waals surface area (Å²) >= 11 is 0. The van der Waals surface area contributed by atoms with Crippen LogP contribution in [-0.4, -0.2) is 24.0 Å². The molecule has 5 aromatic rings. The van der Waals surface area contributed by atoms with Gasteiger partial charge in [-0.05, 0) is 47.5 Å². The predicted molar refractivity (Wildman–Crippen MR) is 166 cm³/mol. The van der Waals surface area contributed by atoms with E-state index in [-0.39, 0.29) is 11.8 Å². The Labute approximate surface area is 245 Å². The first-order valence-corrected chi connectivity index (χ1v) is 13.9. The van der Waals surface area contributed by atoms with Crippen LogP contribution in [0.1, 0.15) is 11.1 Å². The summed E-state index contributed by atoms with van der Waals surface area (Å²) in [6, 6.07) is 45.1. The van der Waals surface area contributed by atoms with Crippen LogP contribution in [0.3, 0.4) is 0 Å². The van der Waals surface area contributed by atoms with Gasteiger partial charge in [-0.15, -0.1) is 0 Å². The Balaban J connectivity index is 1.40. The molecule has 2 unspecified atom stereocenters. The summed E-state index contributed by atoms with van der Waals surface area (Å²) in [5.74, 6) is 0.157. The molecule has 0 aliphatic carbocycles. The molecule has 5 aromatic carbocycles. The topological polar surface area (TPSA) is 76.7 Å². The summed E-state index contributed by atoms with van der Waals surface area (Å²) in [6.07, 6.45) is -1.03. The van der Waals surface area contributed by atoms with Gasteiger partial charge in [0.25, 0.3) is 11.8 Å². The van der Waals surface area contributed by atoms with Crippen LogP contribution in [0.5, 0.6) is 11.5 Å². The zero-order valence-corrected chi connectivity index (χ0v) is 23.1. The lowest BCUT2D eigenvalue weighted by atomic mass is 10.1. The fraction of sp³-hybridized carbons (Fsp3) is 0.111. The normalized spacial score (nSPS) is 12.0. The third-order valence-corrected chi connectivity index (χ3v) is 6.58. The summed E-state index contributed by atoms with van der Waals surface area (Å²) in [5, 5.41) is 5.90. The van der Waals surface area contributed by atoms with Gasteiger partial charge < -0.3 is 20.1 Å². The second-order valence-corrected chi connectivity index (χ2v) is 9.75. The fourth-order valence-corrected chi connectivity index (χ4v) is 4.47. The van der Waals surface area contributed by atoms with Crippen molar-refractivity contribution in [3.8, 4) is 11.5 Å². The van der Waals surface area contributed by atoms with Crippen molar-refractivity contribution in [1.29, 1.82) is 0 Å². The van der Waals surface area contributed by atoms with Gasteiger partial charge in [0.15, 0.2) is 23.7 Å². The Morgan fingerprint density at radius 1 is 0.452 bits per heavy atom. The zero-order valence-electron chi connectivity index (χ0n) is 23.1. The van der Waals surface area contributed by atoms with Crippen molar-refractivity contribution >= 4 is 23.2 Å². The monoisotopic (exact) mass is 556 g/mol. The smallest absolute Gasteiger partial charge is 0.265 e. The Morgan fingerprint density at radius 2 is 0.762 bits per heavy atom. The van der Waals surface area contributed by atoms with E-state index in [1.54, 1.807) is 12.1 Å². The Bertz CT molecular complexity index is 1440. The molecule has 0 radical (unpaired) electrons. The van der Waals surface area contributed by atoms with Crippen LogP contribution in [0.25, 0.3) is 0 Å². The van der Waals surface area contributed by atoms with Crippen LogP contribution in [0.4, 0.5) is 11.4 Å². The number of anilines is 2. The number of hydrogen-bond acceptors (Lipinski definition) is 4. The SMILES string of the molecule is O=C(Nc1ccccc1)C(Cc1ccccc1)Oc1ccccc1OC(Cc1ccccc1)C(=O)Nc1ccccc1. The molecule has 5 rings (SSSR count). The van der Waals surface area contributed by atoms with Crippen molar-refractivity contribution in [2.75, 3.05) is 10.6 Å². The lowest BCUT2D eigenvalue weighted by Crippen LogP contribution is -2.36. The minimum atomic E-state index is -0.858. The van der Waals surface area contributed by atoms with Crippen molar-refractivity contribution in [3.05, 3.63) is 157 Å². The highest BCUT2D eigenvalue weighted by atomic mass is 16.5. The van der Waals surface area contributed by atoms with E-state index < -0.39 is 12.2 Å². The minimum absolute atomic E-state index is 0.289. The first kappa shape index (κ1) is 28.2. The van der Waals surface area contributed by atoms with Crippen LogP contribution >= 0.6 is 0 Å². The van der Waals surface area contributed by atoms with Crippen molar-refractivity contribution in [3.63, 3.8) is 0 Å². The number of nitrogens with one attached hydrogen (secondary N) is 2. The fourth-order valence-electron chi connectivity index (χ4n) is 4.47. The molecule has 2 atom stereocenters. The first-order chi connectivity index (χ1) is 20.6. The number of para-hydroxylation sites is 4. The average molecular weight is 557 g/mol. The van der Waals surface area contributed by atoms with Gasteiger partial charge in [-0.2, -0.15) is 0 Å². The maximum Gasteiger partial charge on any atom is 0.265 e. The number of ether oxygens (including phenoxy) is 2. The standard InChI is InChI=1S/C36H32N2O4/c39-35(37-29-19-9-3-10-20-29)33(25-27-15-5-1-6-16-27)41-31-23-13-14-24-32(31)42-34(26-28-17-7-2-8-18-28)36(40)38-30-21-11-4-12-22-30/h1-24,33-34H,25-26H2,(H,37,39)(H,38,40). The molecule has 0 heterocycles. The summed E-state index contributed by atoms with van der Waals surface area (Å²) < 4.78 is 12.7. The Kier molecular flexibility index (Phi) is 9.61. The molecule has 42 heavy (non-hydrogen) atoms. The Hall–Kier alpha value is -5.36. The predicted octanol–water partition coefficient (Wildman–Crippen LogP) is 6.94. The van der Waals surface area contributed by atoms with E-state index in [0.717, 1.165) is 11.1 Å². The highest BCUT2D eigenvalue weighted by Crippen LogP contribution is 2.30. The van der Waals surface area contributed by atoms with Gasteiger partial charge in [-0.1, -0.05) is 109 Å². The summed E-state index contributed by atoms with van der Waals surface area (Å²) in [4.78, 5) is 26.9. The van der Waals surface area contributed by atoms with Gasteiger partial charge in [0.1, 0.15) is 0 Å². The van der Waals surface area contributed by atoms with Gasteiger partial charge in [0, 0.05) is 24.2 Å². The van der Waals surface area contributed by atoms with Gasteiger partial charge >= 0.3 is 0 Å². The third-order valence-electron chi connectivity index (χ3n) is 6.58. The molecule has 0 saturated heterocycles. The van der Waals surface area contributed by atoms with Gasteiger partial charge in [0.05, 0.1) is 0 Å². The first-order valence-electron chi connectivity index (χ1n) is 13.9.